The van der Waals surface area contributed by atoms with Gasteiger partial charge < -0.3 is 5.11 Å². The van der Waals surface area contributed by atoms with Crippen molar-refractivity contribution in [1.29, 1.82) is 0 Å². The molecule has 1 aliphatic heterocycles. The number of aromatic nitrogens is 1. The van der Waals surface area contributed by atoms with E-state index >= 15 is 0 Å². The molecule has 0 radical (unpaired) electrons. The maximum absolute atomic E-state index is 10.6. The second-order valence-electron chi connectivity index (χ2n) is 2.80. The molecule has 0 aromatic carbocycles. The average molecular weight is 176 g/mol. The molecule has 4 heteroatoms. The Morgan fingerprint density at radius 2 is 2.46 bits per heavy atom. The standard InChI is InChI=1S/C9H8N2O2/c12-9(13)11-4-2-7-5-10-3-1-8(7)6-11/h1-5H,6H2,(H,12,13). The predicted molar refractivity (Wildman–Crippen MR) is 46.8 cm³/mol. The predicted octanol–water partition coefficient (Wildman–Crippen LogP) is 1.55. The smallest absolute Gasteiger partial charge is 0.411 e. The molecule has 1 aromatic heterocycles. The van der Waals surface area contributed by atoms with Crippen molar-refractivity contribution in [3.8, 4) is 0 Å². The summed E-state index contributed by atoms with van der Waals surface area (Å²) in [5.41, 5.74) is 1.97. The van der Waals surface area contributed by atoms with Crippen molar-refractivity contribution in [2.75, 3.05) is 0 Å². The third-order valence-corrected chi connectivity index (χ3v) is 1.97. The van der Waals surface area contributed by atoms with Gasteiger partial charge in [-0.25, -0.2) is 4.79 Å². The highest BCUT2D eigenvalue weighted by Gasteiger charge is 2.14. The number of hydrogen-bond donors (Lipinski definition) is 1. The zero-order chi connectivity index (χ0) is 9.26. The summed E-state index contributed by atoms with van der Waals surface area (Å²) in [6.07, 6.45) is 5.76. The van der Waals surface area contributed by atoms with Crippen molar-refractivity contribution in [3.05, 3.63) is 35.8 Å². The van der Waals surface area contributed by atoms with Gasteiger partial charge in [-0.05, 0) is 23.3 Å². The maximum atomic E-state index is 10.6. The Kier molecular flexibility index (Phi) is 1.73. The minimum atomic E-state index is -0.932. The average Bonchev–Trinajstić information content (AvgIpc) is 2.17. The first-order valence-electron chi connectivity index (χ1n) is 3.88. The zero-order valence-corrected chi connectivity index (χ0v) is 6.84. The molecular formula is C9H8N2O2. The van der Waals surface area contributed by atoms with Gasteiger partial charge in [0.1, 0.15) is 0 Å². The Morgan fingerprint density at radius 3 is 3.23 bits per heavy atom. The van der Waals surface area contributed by atoms with Crippen LogP contribution in [0.2, 0.25) is 0 Å². The molecule has 0 bridgehead atoms. The molecule has 2 rings (SSSR count). The van der Waals surface area contributed by atoms with E-state index in [0.717, 1.165) is 11.1 Å². The Hall–Kier alpha value is -1.84. The molecular weight excluding hydrogens is 168 g/mol. The van der Waals surface area contributed by atoms with Gasteiger partial charge in [0.2, 0.25) is 0 Å². The van der Waals surface area contributed by atoms with Gasteiger partial charge in [0.25, 0.3) is 0 Å². The lowest BCUT2D eigenvalue weighted by Gasteiger charge is -2.19. The molecule has 0 saturated heterocycles. The van der Waals surface area contributed by atoms with Crippen molar-refractivity contribution >= 4 is 12.2 Å². The normalized spacial score (nSPS) is 14.0. The number of hydrogen-bond acceptors (Lipinski definition) is 2. The SMILES string of the molecule is O=C(O)N1C=Cc2cnccc2C1. The highest BCUT2D eigenvalue weighted by molar-refractivity contribution is 5.70. The molecule has 0 atom stereocenters. The first-order valence-corrected chi connectivity index (χ1v) is 3.88. The highest BCUT2D eigenvalue weighted by atomic mass is 16.4. The van der Waals surface area contributed by atoms with Gasteiger partial charge in [-0.15, -0.1) is 0 Å². The molecule has 66 valence electrons. The Labute approximate surface area is 75.1 Å². The molecule has 13 heavy (non-hydrogen) atoms. The Morgan fingerprint density at radius 1 is 1.62 bits per heavy atom. The summed E-state index contributed by atoms with van der Waals surface area (Å²) < 4.78 is 0. The summed E-state index contributed by atoms with van der Waals surface area (Å²) in [7, 11) is 0. The van der Waals surface area contributed by atoms with E-state index in [2.05, 4.69) is 4.98 Å². The molecule has 0 spiro atoms. The molecule has 1 amide bonds. The van der Waals surface area contributed by atoms with E-state index in [-0.39, 0.29) is 0 Å². The fourth-order valence-corrected chi connectivity index (χ4v) is 1.27. The van der Waals surface area contributed by atoms with Crippen LogP contribution in [0.3, 0.4) is 0 Å². The number of nitrogens with zero attached hydrogens (tertiary/aromatic N) is 2. The van der Waals surface area contributed by atoms with Crippen molar-refractivity contribution < 1.29 is 9.90 Å². The highest BCUT2D eigenvalue weighted by Crippen LogP contribution is 2.17. The van der Waals surface area contributed by atoms with Gasteiger partial charge in [-0.1, -0.05) is 0 Å². The summed E-state index contributed by atoms with van der Waals surface area (Å²) in [4.78, 5) is 15.8. The van der Waals surface area contributed by atoms with E-state index < -0.39 is 6.09 Å². The third-order valence-electron chi connectivity index (χ3n) is 1.97. The lowest BCUT2D eigenvalue weighted by molar-refractivity contribution is 0.161. The van der Waals surface area contributed by atoms with Crippen LogP contribution in [-0.2, 0) is 6.54 Å². The van der Waals surface area contributed by atoms with Crippen LogP contribution in [0.4, 0.5) is 4.79 Å². The third kappa shape index (κ3) is 1.38. The fourth-order valence-electron chi connectivity index (χ4n) is 1.27. The topological polar surface area (TPSA) is 53.4 Å². The minimum Gasteiger partial charge on any atom is -0.465 e. The second-order valence-corrected chi connectivity index (χ2v) is 2.80. The maximum Gasteiger partial charge on any atom is 0.411 e. The number of rotatable bonds is 0. The van der Waals surface area contributed by atoms with Crippen molar-refractivity contribution in [3.63, 3.8) is 0 Å². The molecule has 1 N–H and O–H groups in total. The summed E-state index contributed by atoms with van der Waals surface area (Å²) in [6.45, 7) is 0.406. The molecule has 0 aliphatic carbocycles. The van der Waals surface area contributed by atoms with Crippen LogP contribution in [0.25, 0.3) is 6.08 Å². The first-order chi connectivity index (χ1) is 6.27. The molecule has 1 aromatic rings. The second kappa shape index (κ2) is 2.90. The van der Waals surface area contributed by atoms with Crippen LogP contribution in [0, 0.1) is 0 Å². The van der Waals surface area contributed by atoms with Crippen LogP contribution >= 0.6 is 0 Å². The van der Waals surface area contributed by atoms with Crippen LogP contribution in [-0.4, -0.2) is 21.1 Å². The van der Waals surface area contributed by atoms with E-state index in [0.29, 0.717) is 6.54 Å². The monoisotopic (exact) mass is 176 g/mol. The summed E-state index contributed by atoms with van der Waals surface area (Å²) in [5.74, 6) is 0. The van der Waals surface area contributed by atoms with Gasteiger partial charge in [-0.2, -0.15) is 0 Å². The van der Waals surface area contributed by atoms with Gasteiger partial charge in [0, 0.05) is 18.6 Å². The Bertz CT molecular complexity index is 374. The van der Waals surface area contributed by atoms with Crippen molar-refractivity contribution in [2.24, 2.45) is 0 Å². The molecule has 0 saturated carbocycles. The molecule has 0 fully saturated rings. The van der Waals surface area contributed by atoms with E-state index in [9.17, 15) is 4.79 Å². The molecule has 4 nitrogen and oxygen atoms in total. The van der Waals surface area contributed by atoms with Gasteiger partial charge in [-0.3, -0.25) is 9.88 Å². The minimum absolute atomic E-state index is 0.406. The van der Waals surface area contributed by atoms with Gasteiger partial charge >= 0.3 is 6.09 Å². The lowest BCUT2D eigenvalue weighted by atomic mass is 10.1. The zero-order valence-electron chi connectivity index (χ0n) is 6.84. The van der Waals surface area contributed by atoms with E-state index in [1.807, 2.05) is 6.07 Å². The number of carboxylic acid groups (broad SMARTS) is 1. The van der Waals surface area contributed by atoms with Crippen LogP contribution in [0.5, 0.6) is 0 Å². The number of pyridine rings is 1. The summed E-state index contributed by atoms with van der Waals surface area (Å²) >= 11 is 0. The molecule has 0 unspecified atom stereocenters. The quantitative estimate of drug-likeness (QED) is 0.652. The van der Waals surface area contributed by atoms with Crippen molar-refractivity contribution in [1.82, 2.24) is 9.88 Å². The lowest BCUT2D eigenvalue weighted by Crippen LogP contribution is -2.25. The van der Waals surface area contributed by atoms with E-state index in [1.165, 1.54) is 4.90 Å². The van der Waals surface area contributed by atoms with Gasteiger partial charge in [0.05, 0.1) is 6.54 Å². The van der Waals surface area contributed by atoms with Crippen molar-refractivity contribution in [2.45, 2.75) is 6.54 Å². The first kappa shape index (κ1) is 7.79. The van der Waals surface area contributed by atoms with Crippen LogP contribution < -0.4 is 0 Å². The van der Waals surface area contributed by atoms with E-state index in [1.54, 1.807) is 24.7 Å². The number of amides is 1. The molecule has 2 heterocycles. The largest absolute Gasteiger partial charge is 0.465 e. The van der Waals surface area contributed by atoms with Crippen LogP contribution in [0.15, 0.2) is 24.7 Å². The van der Waals surface area contributed by atoms with Gasteiger partial charge in [0.15, 0.2) is 0 Å². The van der Waals surface area contributed by atoms with E-state index in [4.69, 9.17) is 5.11 Å². The number of fused-ring (bicyclic) bond motifs is 1. The molecule has 1 aliphatic rings. The summed E-state index contributed by atoms with van der Waals surface area (Å²) in [6, 6.07) is 1.83. The fraction of sp³-hybridized carbons (Fsp3) is 0.111. The Balaban J connectivity index is 2.34. The van der Waals surface area contributed by atoms with Crippen LogP contribution in [0.1, 0.15) is 11.1 Å². The summed E-state index contributed by atoms with van der Waals surface area (Å²) in [5, 5.41) is 8.72. The number of carbonyl (C=O) groups is 1.